The second-order valence-corrected chi connectivity index (χ2v) is 6.35. The summed E-state index contributed by atoms with van der Waals surface area (Å²) in [4.78, 5) is 13.2. The van der Waals surface area contributed by atoms with Crippen LogP contribution in [0.25, 0.3) is 22.3 Å². The molecule has 0 aliphatic rings. The van der Waals surface area contributed by atoms with E-state index in [0.29, 0.717) is 22.8 Å². The molecule has 0 amide bonds. The van der Waals surface area contributed by atoms with Crippen molar-refractivity contribution in [3.63, 3.8) is 0 Å². The predicted octanol–water partition coefficient (Wildman–Crippen LogP) is 5.45. The zero-order valence-corrected chi connectivity index (χ0v) is 16.2. The Kier molecular flexibility index (Phi) is 6.19. The van der Waals surface area contributed by atoms with Gasteiger partial charge in [0.2, 0.25) is 0 Å². The number of rotatable bonds is 4. The van der Waals surface area contributed by atoms with Gasteiger partial charge in [0.15, 0.2) is 11.9 Å². The maximum atomic E-state index is 12.7. The fourth-order valence-electron chi connectivity index (χ4n) is 2.87. The van der Waals surface area contributed by atoms with Gasteiger partial charge in [-0.3, -0.25) is 4.98 Å². The molecule has 2 aromatic carbocycles. The van der Waals surface area contributed by atoms with Gasteiger partial charge in [0, 0.05) is 29.0 Å². The Hall–Kier alpha value is -3.23. The quantitative estimate of drug-likeness (QED) is 0.448. The molecule has 2 aromatic heterocycles. The number of hydrogen-bond donors (Lipinski definition) is 2. The molecule has 5 nitrogen and oxygen atoms in total. The lowest BCUT2D eigenvalue weighted by Crippen LogP contribution is -2.20. The number of anilines is 2. The van der Waals surface area contributed by atoms with Crippen molar-refractivity contribution in [2.75, 3.05) is 5.32 Å². The molecule has 0 fully saturated rings. The van der Waals surface area contributed by atoms with E-state index in [1.54, 1.807) is 18.5 Å². The third-order valence-corrected chi connectivity index (χ3v) is 4.32. The monoisotopic (exact) mass is 432 g/mol. The van der Waals surface area contributed by atoms with Crippen LogP contribution in [0, 0.1) is 0 Å². The average Bonchev–Trinajstić information content (AvgIpc) is 2.73. The summed E-state index contributed by atoms with van der Waals surface area (Å²) in [6, 6.07) is 16.4. The maximum absolute atomic E-state index is 12.7. The molecule has 9 heteroatoms. The summed E-state index contributed by atoms with van der Waals surface area (Å²) in [6.07, 6.45) is -3.92. The number of para-hydroxylation sites is 1. The minimum Gasteiger partial charge on any atom is -0.379 e. The molecular formula is C21H16ClF3N4O. The highest BCUT2D eigenvalue weighted by molar-refractivity contribution is 5.92. The van der Waals surface area contributed by atoms with Crippen molar-refractivity contribution >= 4 is 34.8 Å². The largest absolute Gasteiger partial charge is 0.418 e. The standard InChI is InChI=1S/C21H15F3N4O.ClH/c22-21(23,24)18(29)13-7-9-15(10-8-13)26-20-16-5-1-2-6-17(16)27-19(28-20)14-4-3-11-25-12-14;/h1-12,18,29H,(H,26,27,28);1H. The number of nitrogens with zero attached hydrogens (tertiary/aromatic N) is 3. The molecule has 2 N–H and O–H groups in total. The Bertz CT molecular complexity index is 1140. The van der Waals surface area contributed by atoms with E-state index in [0.717, 1.165) is 10.9 Å². The van der Waals surface area contributed by atoms with Crippen LogP contribution in [0.2, 0.25) is 0 Å². The zero-order chi connectivity index (χ0) is 20.4. The Balaban J connectivity index is 0.00000256. The number of hydrogen-bond acceptors (Lipinski definition) is 5. The van der Waals surface area contributed by atoms with Crippen molar-refractivity contribution in [1.82, 2.24) is 15.0 Å². The highest BCUT2D eigenvalue weighted by Crippen LogP contribution is 2.33. The lowest BCUT2D eigenvalue weighted by molar-refractivity contribution is -0.206. The zero-order valence-electron chi connectivity index (χ0n) is 15.3. The number of pyridine rings is 1. The van der Waals surface area contributed by atoms with Gasteiger partial charge in [-0.05, 0) is 42.0 Å². The Morgan fingerprint density at radius 1 is 0.900 bits per heavy atom. The first-order chi connectivity index (χ1) is 13.9. The van der Waals surface area contributed by atoms with Gasteiger partial charge in [-0.15, -0.1) is 12.4 Å². The number of alkyl halides is 3. The van der Waals surface area contributed by atoms with Crippen molar-refractivity contribution in [1.29, 1.82) is 0 Å². The topological polar surface area (TPSA) is 70.9 Å². The highest BCUT2D eigenvalue weighted by atomic mass is 35.5. The molecule has 4 rings (SSSR count). The van der Waals surface area contributed by atoms with Crippen molar-refractivity contribution in [3.05, 3.63) is 78.6 Å². The lowest BCUT2D eigenvalue weighted by atomic mass is 10.1. The average molecular weight is 433 g/mol. The second-order valence-electron chi connectivity index (χ2n) is 6.35. The van der Waals surface area contributed by atoms with Crippen molar-refractivity contribution in [3.8, 4) is 11.4 Å². The molecule has 4 aromatic rings. The Morgan fingerprint density at radius 2 is 1.63 bits per heavy atom. The van der Waals surface area contributed by atoms with Crippen LogP contribution < -0.4 is 5.32 Å². The van der Waals surface area contributed by atoms with E-state index in [1.165, 1.54) is 24.3 Å². The molecule has 0 aliphatic heterocycles. The number of halogens is 4. The van der Waals surface area contributed by atoms with Crippen LogP contribution in [0.4, 0.5) is 24.7 Å². The van der Waals surface area contributed by atoms with Gasteiger partial charge in [-0.25, -0.2) is 9.97 Å². The van der Waals surface area contributed by atoms with E-state index in [2.05, 4.69) is 20.3 Å². The van der Waals surface area contributed by atoms with Crippen molar-refractivity contribution in [2.24, 2.45) is 0 Å². The minimum atomic E-state index is -4.71. The number of aliphatic hydroxyl groups excluding tert-OH is 1. The summed E-state index contributed by atoms with van der Waals surface area (Å²) in [5, 5.41) is 13.3. The fraction of sp³-hybridized carbons (Fsp3) is 0.0952. The van der Waals surface area contributed by atoms with Gasteiger partial charge in [-0.1, -0.05) is 24.3 Å². The predicted molar refractivity (Wildman–Crippen MR) is 111 cm³/mol. The summed E-state index contributed by atoms with van der Waals surface area (Å²) < 4.78 is 38.0. The molecule has 1 unspecified atom stereocenters. The molecule has 0 aliphatic carbocycles. The molecule has 0 saturated heterocycles. The number of benzene rings is 2. The normalized spacial score (nSPS) is 12.3. The van der Waals surface area contributed by atoms with E-state index in [9.17, 15) is 18.3 Å². The lowest BCUT2D eigenvalue weighted by Gasteiger charge is -2.15. The van der Waals surface area contributed by atoms with Crippen LogP contribution in [0.5, 0.6) is 0 Å². The fourth-order valence-corrected chi connectivity index (χ4v) is 2.87. The summed E-state index contributed by atoms with van der Waals surface area (Å²) >= 11 is 0. The summed E-state index contributed by atoms with van der Waals surface area (Å²) in [6.45, 7) is 0. The van der Waals surface area contributed by atoms with E-state index in [1.807, 2.05) is 30.3 Å². The summed E-state index contributed by atoms with van der Waals surface area (Å²) in [5.74, 6) is 0.988. The van der Waals surface area contributed by atoms with Crippen LogP contribution in [0.15, 0.2) is 73.1 Å². The Labute approximate surface area is 176 Å². The maximum Gasteiger partial charge on any atom is 0.418 e. The third-order valence-electron chi connectivity index (χ3n) is 4.32. The molecule has 30 heavy (non-hydrogen) atoms. The molecule has 0 bridgehead atoms. The van der Waals surface area contributed by atoms with Gasteiger partial charge >= 0.3 is 6.18 Å². The van der Waals surface area contributed by atoms with Crippen LogP contribution in [0.3, 0.4) is 0 Å². The molecule has 154 valence electrons. The molecule has 0 spiro atoms. The molecule has 2 heterocycles. The van der Waals surface area contributed by atoms with E-state index >= 15 is 0 Å². The van der Waals surface area contributed by atoms with E-state index in [-0.39, 0.29) is 18.0 Å². The first-order valence-corrected chi connectivity index (χ1v) is 8.71. The summed E-state index contributed by atoms with van der Waals surface area (Å²) in [7, 11) is 0. The van der Waals surface area contributed by atoms with Crippen LogP contribution >= 0.6 is 12.4 Å². The van der Waals surface area contributed by atoms with Gasteiger partial charge < -0.3 is 10.4 Å². The number of aromatic nitrogens is 3. The van der Waals surface area contributed by atoms with E-state index in [4.69, 9.17) is 0 Å². The van der Waals surface area contributed by atoms with Gasteiger partial charge in [0.1, 0.15) is 5.82 Å². The number of aliphatic hydroxyl groups is 1. The van der Waals surface area contributed by atoms with Gasteiger partial charge in [0.05, 0.1) is 5.52 Å². The number of nitrogens with one attached hydrogen (secondary N) is 1. The minimum absolute atomic E-state index is 0. The van der Waals surface area contributed by atoms with Crippen molar-refractivity contribution < 1.29 is 18.3 Å². The number of fused-ring (bicyclic) bond motifs is 1. The summed E-state index contributed by atoms with van der Waals surface area (Å²) in [5.41, 5.74) is 1.76. The van der Waals surface area contributed by atoms with Gasteiger partial charge in [-0.2, -0.15) is 13.2 Å². The SMILES string of the molecule is Cl.OC(c1ccc(Nc2nc(-c3cccnc3)nc3ccccc23)cc1)C(F)(F)F. The van der Waals surface area contributed by atoms with Crippen LogP contribution in [-0.4, -0.2) is 26.2 Å². The second kappa shape index (κ2) is 8.64. The molecule has 1 atom stereocenters. The first kappa shape index (κ1) is 21.5. The molecular weight excluding hydrogens is 417 g/mol. The van der Waals surface area contributed by atoms with Crippen LogP contribution in [0.1, 0.15) is 11.7 Å². The van der Waals surface area contributed by atoms with Gasteiger partial charge in [0.25, 0.3) is 0 Å². The Morgan fingerprint density at radius 3 is 2.30 bits per heavy atom. The van der Waals surface area contributed by atoms with E-state index < -0.39 is 12.3 Å². The first-order valence-electron chi connectivity index (χ1n) is 8.71. The molecule has 0 radical (unpaired) electrons. The van der Waals surface area contributed by atoms with Crippen LogP contribution in [-0.2, 0) is 0 Å². The third kappa shape index (κ3) is 4.50. The highest BCUT2D eigenvalue weighted by Gasteiger charge is 2.39. The molecule has 0 saturated carbocycles. The van der Waals surface area contributed by atoms with Crippen molar-refractivity contribution in [2.45, 2.75) is 12.3 Å². The smallest absolute Gasteiger partial charge is 0.379 e.